The maximum atomic E-state index is 12.1. The zero-order valence-corrected chi connectivity index (χ0v) is 13.5. The minimum Gasteiger partial charge on any atom is -0.459 e. The van der Waals surface area contributed by atoms with Crippen molar-refractivity contribution < 1.29 is 14.0 Å². The highest BCUT2D eigenvalue weighted by atomic mass is 16.3. The molecule has 0 aromatic carbocycles. The minimum absolute atomic E-state index is 0.164. The molecule has 0 spiro atoms. The standard InChI is InChI=1S/C16H25N3O3/c1-11(2)19-7-6-13(10-19)9-17-15(20)12(3)18-16(21)14-5-4-8-22-14/h4-5,8,11-13H,6-7,9-10H2,1-3H3,(H,17,20)(H,18,21)/t12-,13-/m0/s1. The van der Waals surface area contributed by atoms with E-state index >= 15 is 0 Å². The molecular weight excluding hydrogens is 282 g/mol. The van der Waals surface area contributed by atoms with Crippen LogP contribution in [0.15, 0.2) is 22.8 Å². The fourth-order valence-electron chi connectivity index (χ4n) is 2.64. The zero-order valence-electron chi connectivity index (χ0n) is 13.5. The van der Waals surface area contributed by atoms with Gasteiger partial charge < -0.3 is 20.0 Å². The van der Waals surface area contributed by atoms with E-state index in [4.69, 9.17) is 4.42 Å². The van der Waals surface area contributed by atoms with Crippen molar-refractivity contribution in [3.63, 3.8) is 0 Å². The van der Waals surface area contributed by atoms with Gasteiger partial charge in [-0.2, -0.15) is 0 Å². The predicted octanol–water partition coefficient (Wildman–Crippen LogP) is 1.24. The van der Waals surface area contributed by atoms with E-state index in [9.17, 15) is 9.59 Å². The lowest BCUT2D eigenvalue weighted by Gasteiger charge is -2.20. The van der Waals surface area contributed by atoms with Crippen molar-refractivity contribution in [3.8, 4) is 0 Å². The van der Waals surface area contributed by atoms with E-state index in [1.165, 1.54) is 6.26 Å². The smallest absolute Gasteiger partial charge is 0.287 e. The molecule has 122 valence electrons. The van der Waals surface area contributed by atoms with E-state index in [0.717, 1.165) is 19.5 Å². The molecule has 2 amide bonds. The molecule has 0 aliphatic carbocycles. The van der Waals surface area contributed by atoms with E-state index < -0.39 is 6.04 Å². The van der Waals surface area contributed by atoms with Crippen molar-refractivity contribution in [3.05, 3.63) is 24.2 Å². The van der Waals surface area contributed by atoms with Gasteiger partial charge in [-0.1, -0.05) is 0 Å². The van der Waals surface area contributed by atoms with Crippen LogP contribution in [0.3, 0.4) is 0 Å². The van der Waals surface area contributed by atoms with Crippen molar-refractivity contribution in [2.75, 3.05) is 19.6 Å². The number of carbonyl (C=O) groups excluding carboxylic acids is 2. The summed E-state index contributed by atoms with van der Waals surface area (Å²) in [6.45, 7) is 8.81. The lowest BCUT2D eigenvalue weighted by molar-refractivity contribution is -0.122. The third kappa shape index (κ3) is 4.34. The first kappa shape index (κ1) is 16.5. The van der Waals surface area contributed by atoms with Gasteiger partial charge in [0.2, 0.25) is 5.91 Å². The molecule has 6 nitrogen and oxygen atoms in total. The molecule has 0 radical (unpaired) electrons. The Bertz CT molecular complexity index is 499. The molecule has 0 saturated carbocycles. The molecule has 1 aliphatic rings. The fourth-order valence-corrected chi connectivity index (χ4v) is 2.64. The SMILES string of the molecule is CC(C)N1CC[C@@H](CNC(=O)[C@H](C)NC(=O)c2ccco2)C1. The quantitative estimate of drug-likeness (QED) is 0.829. The van der Waals surface area contributed by atoms with Crippen LogP contribution in [0.1, 0.15) is 37.7 Å². The Morgan fingerprint density at radius 2 is 2.18 bits per heavy atom. The second-order valence-corrected chi connectivity index (χ2v) is 6.16. The number of rotatable bonds is 6. The summed E-state index contributed by atoms with van der Waals surface area (Å²) < 4.78 is 5.00. The molecule has 1 aliphatic heterocycles. The predicted molar refractivity (Wildman–Crippen MR) is 83.5 cm³/mol. The first-order valence-electron chi connectivity index (χ1n) is 7.83. The Balaban J connectivity index is 1.72. The van der Waals surface area contributed by atoms with Crippen LogP contribution in [0.4, 0.5) is 0 Å². The molecule has 2 N–H and O–H groups in total. The first-order valence-corrected chi connectivity index (χ1v) is 7.83. The summed E-state index contributed by atoms with van der Waals surface area (Å²) in [5, 5.41) is 5.55. The summed E-state index contributed by atoms with van der Waals surface area (Å²) in [6.07, 6.45) is 2.53. The van der Waals surface area contributed by atoms with E-state index in [0.29, 0.717) is 18.5 Å². The number of likely N-dealkylation sites (tertiary alicyclic amines) is 1. The van der Waals surface area contributed by atoms with Gasteiger partial charge in [-0.15, -0.1) is 0 Å². The van der Waals surface area contributed by atoms with Crippen LogP contribution in [0.25, 0.3) is 0 Å². The van der Waals surface area contributed by atoms with E-state index in [1.807, 2.05) is 0 Å². The average Bonchev–Trinajstić information content (AvgIpc) is 3.15. The van der Waals surface area contributed by atoms with Crippen molar-refractivity contribution in [1.29, 1.82) is 0 Å². The first-order chi connectivity index (χ1) is 10.5. The van der Waals surface area contributed by atoms with E-state index in [-0.39, 0.29) is 17.6 Å². The van der Waals surface area contributed by atoms with Gasteiger partial charge in [-0.25, -0.2) is 0 Å². The fraction of sp³-hybridized carbons (Fsp3) is 0.625. The minimum atomic E-state index is -0.583. The molecule has 1 fully saturated rings. The maximum Gasteiger partial charge on any atom is 0.287 e. The lowest BCUT2D eigenvalue weighted by atomic mass is 10.1. The molecule has 0 unspecified atom stereocenters. The molecule has 6 heteroatoms. The molecular formula is C16H25N3O3. The van der Waals surface area contributed by atoms with Crippen LogP contribution in [0.2, 0.25) is 0 Å². The molecule has 22 heavy (non-hydrogen) atoms. The highest BCUT2D eigenvalue weighted by Gasteiger charge is 2.25. The van der Waals surface area contributed by atoms with E-state index in [1.54, 1.807) is 19.1 Å². The number of amides is 2. The monoisotopic (exact) mass is 307 g/mol. The summed E-state index contributed by atoms with van der Waals surface area (Å²) in [4.78, 5) is 26.3. The van der Waals surface area contributed by atoms with Gasteiger partial charge in [0.1, 0.15) is 6.04 Å². The summed E-state index contributed by atoms with van der Waals surface area (Å²) in [5.41, 5.74) is 0. The molecule has 2 rings (SSSR count). The van der Waals surface area contributed by atoms with E-state index in [2.05, 4.69) is 29.4 Å². The van der Waals surface area contributed by atoms with Crippen molar-refractivity contribution in [1.82, 2.24) is 15.5 Å². The van der Waals surface area contributed by atoms with Crippen LogP contribution in [0, 0.1) is 5.92 Å². The molecule has 0 bridgehead atoms. The molecule has 1 aromatic rings. The topological polar surface area (TPSA) is 74.6 Å². The molecule has 1 aromatic heterocycles. The molecule has 2 atom stereocenters. The van der Waals surface area contributed by atoms with Crippen LogP contribution in [0.5, 0.6) is 0 Å². The van der Waals surface area contributed by atoms with Gasteiger partial charge in [-0.05, 0) is 51.8 Å². The van der Waals surface area contributed by atoms with Crippen molar-refractivity contribution in [2.45, 2.75) is 39.3 Å². The number of nitrogens with one attached hydrogen (secondary N) is 2. The van der Waals surface area contributed by atoms with Crippen molar-refractivity contribution >= 4 is 11.8 Å². The van der Waals surface area contributed by atoms with Gasteiger partial charge in [0.25, 0.3) is 5.91 Å². The lowest BCUT2D eigenvalue weighted by Crippen LogP contribution is -2.46. The van der Waals surface area contributed by atoms with Gasteiger partial charge in [-0.3, -0.25) is 9.59 Å². The highest BCUT2D eigenvalue weighted by molar-refractivity contribution is 5.95. The van der Waals surface area contributed by atoms with Crippen LogP contribution in [-0.2, 0) is 4.79 Å². The van der Waals surface area contributed by atoms with Gasteiger partial charge in [0.05, 0.1) is 6.26 Å². The Hall–Kier alpha value is -1.82. The van der Waals surface area contributed by atoms with Gasteiger partial charge in [0.15, 0.2) is 5.76 Å². The maximum absolute atomic E-state index is 12.1. The highest BCUT2D eigenvalue weighted by Crippen LogP contribution is 2.17. The second kappa shape index (κ2) is 7.45. The second-order valence-electron chi connectivity index (χ2n) is 6.16. The van der Waals surface area contributed by atoms with Crippen LogP contribution >= 0.6 is 0 Å². The Kier molecular flexibility index (Phi) is 5.60. The van der Waals surface area contributed by atoms with Crippen molar-refractivity contribution in [2.24, 2.45) is 5.92 Å². The van der Waals surface area contributed by atoms with Gasteiger partial charge in [0, 0.05) is 19.1 Å². The third-order valence-electron chi connectivity index (χ3n) is 4.10. The van der Waals surface area contributed by atoms with Crippen LogP contribution in [-0.4, -0.2) is 48.4 Å². The Labute approximate surface area is 131 Å². The number of hydrogen-bond acceptors (Lipinski definition) is 4. The number of nitrogens with zero attached hydrogens (tertiary/aromatic N) is 1. The largest absolute Gasteiger partial charge is 0.459 e. The summed E-state index contributed by atoms with van der Waals surface area (Å²) in [5.74, 6) is 0.157. The Morgan fingerprint density at radius 1 is 1.41 bits per heavy atom. The number of furan rings is 1. The average molecular weight is 307 g/mol. The number of carbonyl (C=O) groups is 2. The summed E-state index contributed by atoms with van der Waals surface area (Å²) in [6, 6.07) is 3.17. The third-order valence-corrected chi connectivity index (χ3v) is 4.10. The van der Waals surface area contributed by atoms with Gasteiger partial charge >= 0.3 is 0 Å². The zero-order chi connectivity index (χ0) is 16.1. The normalized spacial score (nSPS) is 20.1. The molecule has 2 heterocycles. The summed E-state index contributed by atoms with van der Waals surface area (Å²) in [7, 11) is 0. The number of hydrogen-bond donors (Lipinski definition) is 2. The summed E-state index contributed by atoms with van der Waals surface area (Å²) >= 11 is 0. The van der Waals surface area contributed by atoms with Crippen LogP contribution < -0.4 is 10.6 Å². The Morgan fingerprint density at radius 3 is 2.77 bits per heavy atom. The molecule has 1 saturated heterocycles.